The SMILES string of the molecule is O=C1Nc2ncc(-c3ccc(-c4ncn[nH]4)cc3)nc2NC1C1CCCCC1. The van der Waals surface area contributed by atoms with E-state index in [1.807, 2.05) is 24.3 Å². The van der Waals surface area contributed by atoms with Crippen LogP contribution < -0.4 is 10.6 Å². The first-order valence-corrected chi connectivity index (χ1v) is 9.68. The van der Waals surface area contributed by atoms with Gasteiger partial charge in [0, 0.05) is 11.1 Å². The molecular formula is C20H21N7O. The fourth-order valence-electron chi connectivity index (χ4n) is 4.07. The Hall–Kier alpha value is -3.29. The third kappa shape index (κ3) is 3.11. The van der Waals surface area contributed by atoms with Crippen molar-refractivity contribution in [2.75, 3.05) is 10.6 Å². The topological polar surface area (TPSA) is 108 Å². The van der Waals surface area contributed by atoms with Crippen molar-refractivity contribution in [3.63, 3.8) is 0 Å². The molecule has 3 aromatic rings. The van der Waals surface area contributed by atoms with Gasteiger partial charge in [0.2, 0.25) is 5.91 Å². The lowest BCUT2D eigenvalue weighted by molar-refractivity contribution is -0.118. The maximum absolute atomic E-state index is 12.5. The van der Waals surface area contributed by atoms with Gasteiger partial charge in [-0.3, -0.25) is 9.89 Å². The van der Waals surface area contributed by atoms with Crippen LogP contribution in [0.3, 0.4) is 0 Å². The summed E-state index contributed by atoms with van der Waals surface area (Å²) in [5, 5.41) is 13.0. The van der Waals surface area contributed by atoms with Crippen LogP contribution in [0.15, 0.2) is 36.8 Å². The number of benzene rings is 1. The number of amides is 1. The molecule has 0 saturated heterocycles. The molecule has 1 saturated carbocycles. The van der Waals surface area contributed by atoms with Crippen molar-refractivity contribution in [2.24, 2.45) is 5.92 Å². The summed E-state index contributed by atoms with van der Waals surface area (Å²) in [6.45, 7) is 0. The van der Waals surface area contributed by atoms with E-state index in [0.29, 0.717) is 17.6 Å². The van der Waals surface area contributed by atoms with Crippen LogP contribution in [-0.4, -0.2) is 37.1 Å². The van der Waals surface area contributed by atoms with E-state index in [4.69, 9.17) is 4.98 Å². The van der Waals surface area contributed by atoms with Gasteiger partial charge in [-0.25, -0.2) is 15.0 Å². The molecule has 28 heavy (non-hydrogen) atoms. The van der Waals surface area contributed by atoms with Crippen LogP contribution >= 0.6 is 0 Å². The van der Waals surface area contributed by atoms with E-state index in [1.165, 1.54) is 25.6 Å². The van der Waals surface area contributed by atoms with Gasteiger partial charge < -0.3 is 10.6 Å². The van der Waals surface area contributed by atoms with Crippen LogP contribution in [0.25, 0.3) is 22.6 Å². The van der Waals surface area contributed by atoms with Gasteiger partial charge in [0.15, 0.2) is 17.5 Å². The number of carbonyl (C=O) groups is 1. The lowest BCUT2D eigenvalue weighted by Gasteiger charge is -2.33. The molecule has 2 aliphatic rings. The molecule has 1 unspecified atom stereocenters. The fraction of sp³-hybridized carbons (Fsp3) is 0.350. The first kappa shape index (κ1) is 16.9. The average Bonchev–Trinajstić information content (AvgIpc) is 3.29. The maximum Gasteiger partial charge on any atom is 0.248 e. The molecular weight excluding hydrogens is 354 g/mol. The number of carbonyl (C=O) groups excluding carboxylic acids is 1. The second-order valence-electron chi connectivity index (χ2n) is 7.37. The van der Waals surface area contributed by atoms with E-state index in [1.54, 1.807) is 6.20 Å². The number of aromatic nitrogens is 5. The third-order valence-electron chi connectivity index (χ3n) is 5.58. The van der Waals surface area contributed by atoms with Crippen molar-refractivity contribution in [3.8, 4) is 22.6 Å². The van der Waals surface area contributed by atoms with E-state index in [-0.39, 0.29) is 11.9 Å². The molecule has 3 N–H and O–H groups in total. The summed E-state index contributed by atoms with van der Waals surface area (Å²) in [4.78, 5) is 25.8. The molecule has 1 fully saturated rings. The maximum atomic E-state index is 12.5. The Kier molecular flexibility index (Phi) is 4.23. The summed E-state index contributed by atoms with van der Waals surface area (Å²) in [5.41, 5.74) is 2.66. The quantitative estimate of drug-likeness (QED) is 0.648. The molecule has 1 aliphatic heterocycles. The van der Waals surface area contributed by atoms with Gasteiger partial charge in [-0.05, 0) is 18.8 Å². The smallest absolute Gasteiger partial charge is 0.248 e. The van der Waals surface area contributed by atoms with Crippen LogP contribution in [0, 0.1) is 5.92 Å². The Morgan fingerprint density at radius 2 is 1.71 bits per heavy atom. The number of anilines is 2. The van der Waals surface area contributed by atoms with Crippen molar-refractivity contribution in [1.82, 2.24) is 25.1 Å². The summed E-state index contributed by atoms with van der Waals surface area (Å²) in [7, 11) is 0. The highest BCUT2D eigenvalue weighted by molar-refractivity contribution is 6.01. The number of hydrogen-bond donors (Lipinski definition) is 3. The standard InChI is InChI=1S/C20H21N7O/c28-20-16(13-4-2-1-3-5-13)25-19-18(26-20)21-10-15(24-19)12-6-8-14(9-7-12)17-22-11-23-27-17/h6-11,13,16H,1-5H2,(H,24,25)(H,21,26,28)(H,22,23,27). The first-order chi connectivity index (χ1) is 13.8. The number of fused-ring (bicyclic) bond motifs is 1. The van der Waals surface area contributed by atoms with E-state index in [0.717, 1.165) is 35.5 Å². The van der Waals surface area contributed by atoms with Crippen molar-refractivity contribution in [2.45, 2.75) is 38.1 Å². The minimum Gasteiger partial charge on any atom is -0.355 e. The van der Waals surface area contributed by atoms with Crippen molar-refractivity contribution < 1.29 is 4.79 Å². The molecule has 3 heterocycles. The second-order valence-corrected chi connectivity index (χ2v) is 7.37. The lowest BCUT2D eigenvalue weighted by atomic mass is 9.83. The monoisotopic (exact) mass is 375 g/mol. The number of hydrogen-bond acceptors (Lipinski definition) is 6. The Morgan fingerprint density at radius 1 is 0.929 bits per heavy atom. The molecule has 5 rings (SSSR count). The summed E-state index contributed by atoms with van der Waals surface area (Å²) in [5.74, 6) is 2.22. The predicted octanol–water partition coefficient (Wildman–Crippen LogP) is 3.24. The third-order valence-corrected chi connectivity index (χ3v) is 5.58. The molecule has 142 valence electrons. The number of H-pyrrole nitrogens is 1. The van der Waals surface area contributed by atoms with Crippen LogP contribution in [0.5, 0.6) is 0 Å². The van der Waals surface area contributed by atoms with Gasteiger partial charge in [-0.15, -0.1) is 0 Å². The fourth-order valence-corrected chi connectivity index (χ4v) is 4.07. The summed E-state index contributed by atoms with van der Waals surface area (Å²) in [6.07, 6.45) is 8.97. The highest BCUT2D eigenvalue weighted by Crippen LogP contribution is 2.33. The Morgan fingerprint density at radius 3 is 2.46 bits per heavy atom. The number of nitrogens with zero attached hydrogens (tertiary/aromatic N) is 4. The van der Waals surface area contributed by atoms with Gasteiger partial charge in [0.25, 0.3) is 0 Å². The van der Waals surface area contributed by atoms with E-state index >= 15 is 0 Å². The Balaban J connectivity index is 1.40. The minimum absolute atomic E-state index is 0.00198. The van der Waals surface area contributed by atoms with Crippen molar-refractivity contribution in [3.05, 3.63) is 36.8 Å². The largest absolute Gasteiger partial charge is 0.355 e. The molecule has 0 radical (unpaired) electrons. The van der Waals surface area contributed by atoms with Gasteiger partial charge in [0.1, 0.15) is 12.4 Å². The Labute approximate surface area is 162 Å². The molecule has 8 nitrogen and oxygen atoms in total. The van der Waals surface area contributed by atoms with Crippen LogP contribution in [0.4, 0.5) is 11.6 Å². The van der Waals surface area contributed by atoms with Crippen molar-refractivity contribution in [1.29, 1.82) is 0 Å². The van der Waals surface area contributed by atoms with E-state index < -0.39 is 0 Å². The van der Waals surface area contributed by atoms with Crippen molar-refractivity contribution >= 4 is 17.5 Å². The average molecular weight is 375 g/mol. The molecule has 0 spiro atoms. The van der Waals surface area contributed by atoms with E-state index in [9.17, 15) is 4.79 Å². The van der Waals surface area contributed by atoms with Crippen LogP contribution in [0.1, 0.15) is 32.1 Å². The highest BCUT2D eigenvalue weighted by atomic mass is 16.2. The lowest BCUT2D eigenvalue weighted by Crippen LogP contribution is -2.45. The predicted molar refractivity (Wildman–Crippen MR) is 105 cm³/mol. The molecule has 2 aromatic heterocycles. The Bertz CT molecular complexity index is 978. The molecule has 0 bridgehead atoms. The van der Waals surface area contributed by atoms with Crippen LogP contribution in [0.2, 0.25) is 0 Å². The number of rotatable bonds is 3. The minimum atomic E-state index is -0.230. The van der Waals surface area contributed by atoms with E-state index in [2.05, 4.69) is 30.8 Å². The van der Waals surface area contributed by atoms with Gasteiger partial charge in [0.05, 0.1) is 11.9 Å². The number of nitrogens with one attached hydrogen (secondary N) is 3. The molecule has 8 heteroatoms. The zero-order valence-electron chi connectivity index (χ0n) is 15.4. The molecule has 1 aromatic carbocycles. The van der Waals surface area contributed by atoms with Crippen LogP contribution in [-0.2, 0) is 4.79 Å². The molecule has 1 aliphatic carbocycles. The zero-order valence-corrected chi connectivity index (χ0v) is 15.4. The summed E-state index contributed by atoms with van der Waals surface area (Å²) < 4.78 is 0. The second kappa shape index (κ2) is 7.03. The van der Waals surface area contributed by atoms with Gasteiger partial charge in [-0.1, -0.05) is 43.5 Å². The first-order valence-electron chi connectivity index (χ1n) is 9.68. The summed E-state index contributed by atoms with van der Waals surface area (Å²) >= 11 is 0. The van der Waals surface area contributed by atoms with Gasteiger partial charge >= 0.3 is 0 Å². The normalized spacial score (nSPS) is 19.6. The van der Waals surface area contributed by atoms with Gasteiger partial charge in [-0.2, -0.15) is 5.10 Å². The summed E-state index contributed by atoms with van der Waals surface area (Å²) in [6, 6.07) is 7.67. The number of aromatic amines is 1. The highest BCUT2D eigenvalue weighted by Gasteiger charge is 2.34. The molecule has 1 atom stereocenters. The zero-order chi connectivity index (χ0) is 18.9. The molecule has 1 amide bonds.